The first kappa shape index (κ1) is 12.9. The highest BCUT2D eigenvalue weighted by Crippen LogP contribution is 2.22. The number of nitrogens with two attached hydrogens (primary N) is 2. The Kier molecular flexibility index (Phi) is 3.16. The van der Waals surface area contributed by atoms with E-state index in [1.54, 1.807) is 18.2 Å². The van der Waals surface area contributed by atoms with Crippen LogP contribution in [0.3, 0.4) is 0 Å². The highest BCUT2D eigenvalue weighted by atomic mass is 16.3. The van der Waals surface area contributed by atoms with Crippen LogP contribution in [0, 0.1) is 0 Å². The molecule has 2 aromatic carbocycles. The molecule has 5 heteroatoms. The monoisotopic (exact) mass is 279 g/mol. The van der Waals surface area contributed by atoms with Crippen molar-refractivity contribution in [2.45, 2.75) is 0 Å². The molecule has 1 aromatic heterocycles. The van der Waals surface area contributed by atoms with Crippen molar-refractivity contribution in [1.29, 1.82) is 0 Å². The summed E-state index contributed by atoms with van der Waals surface area (Å²) in [7, 11) is 0. The van der Waals surface area contributed by atoms with Crippen LogP contribution < -0.4 is 17.0 Å². The predicted molar refractivity (Wildman–Crippen MR) is 82.8 cm³/mol. The van der Waals surface area contributed by atoms with Gasteiger partial charge in [-0.25, -0.2) is 0 Å². The van der Waals surface area contributed by atoms with Gasteiger partial charge in [0.2, 0.25) is 0 Å². The first-order valence-corrected chi connectivity index (χ1v) is 6.36. The molecule has 1 heterocycles. The van der Waals surface area contributed by atoms with E-state index in [2.05, 4.69) is 5.10 Å². The molecule has 3 aromatic rings. The van der Waals surface area contributed by atoms with Crippen LogP contribution in [0.5, 0.6) is 0 Å². The van der Waals surface area contributed by atoms with Gasteiger partial charge in [-0.15, -0.1) is 0 Å². The molecule has 0 atom stereocenters. The number of hydrogen-bond donors (Lipinski definition) is 2. The maximum Gasteiger partial charge on any atom is 0.193 e. The minimum absolute atomic E-state index is 0.137. The number of nitrogens with zero attached hydrogens (tertiary/aromatic N) is 1. The van der Waals surface area contributed by atoms with Crippen LogP contribution in [0.2, 0.25) is 0 Å². The number of benzene rings is 2. The van der Waals surface area contributed by atoms with Gasteiger partial charge in [0, 0.05) is 17.2 Å². The zero-order valence-electron chi connectivity index (χ0n) is 11.1. The fourth-order valence-electron chi connectivity index (χ4n) is 2.13. The third-order valence-electron chi connectivity index (χ3n) is 3.22. The van der Waals surface area contributed by atoms with Crippen molar-refractivity contribution in [3.05, 3.63) is 70.4 Å². The molecule has 5 nitrogen and oxygen atoms in total. The Balaban J connectivity index is 2.21. The number of hydrogen-bond acceptors (Lipinski definition) is 4. The first-order valence-electron chi connectivity index (χ1n) is 6.36. The molecule has 0 spiro atoms. The Hall–Kier alpha value is -3.08. The van der Waals surface area contributed by atoms with Crippen LogP contribution in [-0.4, -0.2) is 5.84 Å². The maximum absolute atomic E-state index is 12.3. The second-order valence-corrected chi connectivity index (χ2v) is 4.57. The van der Waals surface area contributed by atoms with Gasteiger partial charge in [-0.1, -0.05) is 30.3 Å². The zero-order valence-corrected chi connectivity index (χ0v) is 11.1. The fourth-order valence-corrected chi connectivity index (χ4v) is 2.13. The molecule has 0 bridgehead atoms. The van der Waals surface area contributed by atoms with E-state index in [0.717, 1.165) is 5.56 Å². The van der Waals surface area contributed by atoms with E-state index in [1.807, 2.05) is 30.3 Å². The third kappa shape index (κ3) is 2.36. The summed E-state index contributed by atoms with van der Waals surface area (Å²) in [5, 5.41) is 3.87. The molecular formula is C16H13N3O2. The summed E-state index contributed by atoms with van der Waals surface area (Å²) >= 11 is 0. The second kappa shape index (κ2) is 5.13. The van der Waals surface area contributed by atoms with Crippen LogP contribution >= 0.6 is 0 Å². The van der Waals surface area contributed by atoms with Gasteiger partial charge in [0.25, 0.3) is 0 Å². The lowest BCUT2D eigenvalue weighted by Gasteiger charge is -2.05. The van der Waals surface area contributed by atoms with Crippen LogP contribution in [0.4, 0.5) is 0 Å². The molecule has 0 saturated carbocycles. The van der Waals surface area contributed by atoms with Gasteiger partial charge < -0.3 is 16.0 Å². The Bertz CT molecular complexity index is 883. The Morgan fingerprint density at radius 1 is 1.05 bits per heavy atom. The molecule has 0 aliphatic rings. The Morgan fingerprint density at radius 3 is 2.52 bits per heavy atom. The number of hydrazone groups is 1. The Labute approximate surface area is 120 Å². The molecule has 0 saturated heterocycles. The van der Waals surface area contributed by atoms with E-state index in [1.165, 1.54) is 6.07 Å². The summed E-state index contributed by atoms with van der Waals surface area (Å²) in [6.45, 7) is 0. The van der Waals surface area contributed by atoms with Crippen molar-refractivity contribution in [2.75, 3.05) is 0 Å². The molecule has 104 valence electrons. The number of fused-ring (bicyclic) bond motifs is 1. The largest absolute Gasteiger partial charge is 0.456 e. The first-order chi connectivity index (χ1) is 10.2. The standard InChI is InChI=1S/C16H13N3O2/c17-16(19-18)11-6-7-14-12(8-11)13(20)9-15(21-14)10-4-2-1-3-5-10/h1-9H,18H2,(H2,17,19). The smallest absolute Gasteiger partial charge is 0.193 e. The molecule has 0 radical (unpaired) electrons. The van der Waals surface area contributed by atoms with Gasteiger partial charge in [-0.05, 0) is 18.2 Å². The van der Waals surface area contributed by atoms with Gasteiger partial charge in [0.05, 0.1) is 5.39 Å². The normalized spacial score (nSPS) is 11.7. The minimum Gasteiger partial charge on any atom is -0.456 e. The summed E-state index contributed by atoms with van der Waals surface area (Å²) in [6.07, 6.45) is 0. The van der Waals surface area contributed by atoms with Crippen molar-refractivity contribution in [3.8, 4) is 11.3 Å². The van der Waals surface area contributed by atoms with Crippen LogP contribution in [-0.2, 0) is 0 Å². The lowest BCUT2D eigenvalue weighted by molar-refractivity contribution is 0.619. The molecular weight excluding hydrogens is 266 g/mol. The Morgan fingerprint density at radius 2 is 1.81 bits per heavy atom. The van der Waals surface area contributed by atoms with Crippen molar-refractivity contribution in [1.82, 2.24) is 0 Å². The van der Waals surface area contributed by atoms with Crippen LogP contribution in [0.15, 0.2) is 68.9 Å². The molecule has 21 heavy (non-hydrogen) atoms. The molecule has 0 unspecified atom stereocenters. The SMILES string of the molecule is N/N=C(\N)c1ccc2oc(-c3ccccc3)cc(=O)c2c1. The quantitative estimate of drug-likeness (QED) is 0.325. The summed E-state index contributed by atoms with van der Waals surface area (Å²) in [5.41, 5.74) is 7.45. The third-order valence-corrected chi connectivity index (χ3v) is 3.22. The second-order valence-electron chi connectivity index (χ2n) is 4.57. The van der Waals surface area contributed by atoms with Gasteiger partial charge in [-0.2, -0.15) is 5.10 Å². The van der Waals surface area contributed by atoms with Crippen LogP contribution in [0.1, 0.15) is 5.56 Å². The highest BCUT2D eigenvalue weighted by molar-refractivity contribution is 6.00. The summed E-state index contributed by atoms with van der Waals surface area (Å²) in [6, 6.07) is 16.0. The molecule has 0 aliphatic carbocycles. The van der Waals surface area contributed by atoms with E-state index >= 15 is 0 Å². The van der Waals surface area contributed by atoms with E-state index in [0.29, 0.717) is 22.3 Å². The topological polar surface area (TPSA) is 94.6 Å². The minimum atomic E-state index is -0.137. The molecule has 0 aliphatic heterocycles. The maximum atomic E-state index is 12.3. The van der Waals surface area contributed by atoms with Crippen LogP contribution in [0.25, 0.3) is 22.3 Å². The van der Waals surface area contributed by atoms with Crippen molar-refractivity contribution in [2.24, 2.45) is 16.7 Å². The van der Waals surface area contributed by atoms with Gasteiger partial charge >= 0.3 is 0 Å². The number of rotatable bonds is 2. The van der Waals surface area contributed by atoms with Crippen molar-refractivity contribution >= 4 is 16.8 Å². The average molecular weight is 279 g/mol. The highest BCUT2D eigenvalue weighted by Gasteiger charge is 2.08. The van der Waals surface area contributed by atoms with E-state index < -0.39 is 0 Å². The zero-order chi connectivity index (χ0) is 14.8. The summed E-state index contributed by atoms with van der Waals surface area (Å²) in [4.78, 5) is 12.3. The molecule has 0 amide bonds. The van der Waals surface area contributed by atoms with Crippen molar-refractivity contribution in [3.63, 3.8) is 0 Å². The van der Waals surface area contributed by atoms with Gasteiger partial charge in [0.1, 0.15) is 17.2 Å². The van der Waals surface area contributed by atoms with E-state index in [-0.39, 0.29) is 11.3 Å². The molecule has 3 rings (SSSR count). The molecule has 4 N–H and O–H groups in total. The summed E-state index contributed by atoms with van der Waals surface area (Å²) < 4.78 is 5.79. The fraction of sp³-hybridized carbons (Fsp3) is 0. The van der Waals surface area contributed by atoms with E-state index in [4.69, 9.17) is 16.0 Å². The van der Waals surface area contributed by atoms with Gasteiger partial charge in [0.15, 0.2) is 5.43 Å². The molecule has 0 fully saturated rings. The van der Waals surface area contributed by atoms with Crippen molar-refractivity contribution < 1.29 is 4.42 Å². The van der Waals surface area contributed by atoms with Gasteiger partial charge in [-0.3, -0.25) is 4.79 Å². The van der Waals surface area contributed by atoms with E-state index in [9.17, 15) is 4.79 Å². The lowest BCUT2D eigenvalue weighted by Crippen LogP contribution is -2.15. The summed E-state index contributed by atoms with van der Waals surface area (Å²) in [5.74, 6) is 5.85. The number of amidine groups is 1. The average Bonchev–Trinajstić information content (AvgIpc) is 2.54. The lowest BCUT2D eigenvalue weighted by atomic mass is 10.1. The predicted octanol–water partition coefficient (Wildman–Crippen LogP) is 2.04.